The van der Waals surface area contributed by atoms with E-state index in [-0.39, 0.29) is 15.7 Å². The predicted octanol–water partition coefficient (Wildman–Crippen LogP) is 0.297. The van der Waals surface area contributed by atoms with Crippen LogP contribution in [0.1, 0.15) is 11.4 Å². The van der Waals surface area contributed by atoms with Gasteiger partial charge >= 0.3 is 0 Å². The molecule has 98 valence electrons. The van der Waals surface area contributed by atoms with Gasteiger partial charge in [0, 0.05) is 11.4 Å². The van der Waals surface area contributed by atoms with Gasteiger partial charge in [0.2, 0.25) is 9.84 Å². The average molecular weight is 278 g/mol. The van der Waals surface area contributed by atoms with Gasteiger partial charge in [0.25, 0.3) is 5.16 Å². The van der Waals surface area contributed by atoms with Gasteiger partial charge < -0.3 is 0 Å². The topological polar surface area (TPSA) is 106 Å². The molecule has 0 amide bonds. The first-order chi connectivity index (χ1) is 9.00. The molecule has 3 aromatic rings. The molecule has 3 aromatic heterocycles. The number of hydrogen-bond acceptors (Lipinski definition) is 6. The van der Waals surface area contributed by atoms with Gasteiger partial charge in [-0.15, -0.1) is 5.10 Å². The number of aromatic nitrogens is 6. The molecule has 0 spiro atoms. The number of fused-ring (bicyclic) bond motifs is 1. The van der Waals surface area contributed by atoms with Gasteiger partial charge in [-0.2, -0.15) is 5.10 Å². The molecule has 3 heterocycles. The molecule has 0 aromatic carbocycles. The van der Waals surface area contributed by atoms with E-state index in [1.165, 1.54) is 17.0 Å². The molecule has 0 unspecified atom stereocenters. The van der Waals surface area contributed by atoms with Crippen LogP contribution in [0.5, 0.6) is 0 Å². The summed E-state index contributed by atoms with van der Waals surface area (Å²) in [5.74, 6) is 0. The molecule has 9 heteroatoms. The molecule has 0 aliphatic rings. The Morgan fingerprint density at radius 2 is 2.11 bits per heavy atom. The zero-order valence-electron chi connectivity index (χ0n) is 10.2. The van der Waals surface area contributed by atoms with E-state index in [1.807, 2.05) is 13.0 Å². The smallest absolute Gasteiger partial charge is 0.265 e. The fourth-order valence-corrected chi connectivity index (χ4v) is 2.98. The average Bonchev–Trinajstić information content (AvgIpc) is 2.97. The van der Waals surface area contributed by atoms with Crippen molar-refractivity contribution in [2.45, 2.75) is 23.9 Å². The highest BCUT2D eigenvalue weighted by atomic mass is 32.2. The third-order valence-electron chi connectivity index (χ3n) is 2.67. The molecular formula is C10H10N6O2S. The zero-order valence-corrected chi connectivity index (χ0v) is 11.0. The van der Waals surface area contributed by atoms with Gasteiger partial charge in [0.05, 0.1) is 6.20 Å². The van der Waals surface area contributed by atoms with Crippen molar-refractivity contribution >= 4 is 15.5 Å². The minimum absolute atomic E-state index is 0.00102. The van der Waals surface area contributed by atoms with E-state index in [2.05, 4.69) is 25.3 Å². The summed E-state index contributed by atoms with van der Waals surface area (Å²) >= 11 is 0. The van der Waals surface area contributed by atoms with Crippen molar-refractivity contribution < 1.29 is 8.42 Å². The predicted molar refractivity (Wildman–Crippen MR) is 64.3 cm³/mol. The quantitative estimate of drug-likeness (QED) is 0.722. The van der Waals surface area contributed by atoms with Crippen LogP contribution in [0.15, 0.2) is 28.6 Å². The monoisotopic (exact) mass is 278 g/mol. The van der Waals surface area contributed by atoms with Crippen LogP contribution in [-0.4, -0.2) is 38.2 Å². The van der Waals surface area contributed by atoms with Gasteiger partial charge in [0.15, 0.2) is 5.65 Å². The van der Waals surface area contributed by atoms with Gasteiger partial charge in [-0.25, -0.2) is 22.9 Å². The number of sulfone groups is 1. The van der Waals surface area contributed by atoms with E-state index in [0.29, 0.717) is 0 Å². The summed E-state index contributed by atoms with van der Waals surface area (Å²) in [5, 5.41) is 9.74. The van der Waals surface area contributed by atoms with Crippen LogP contribution in [0, 0.1) is 13.8 Å². The molecule has 0 saturated heterocycles. The maximum atomic E-state index is 12.4. The minimum Gasteiger partial charge on any atom is -0.265 e. The second-order valence-corrected chi connectivity index (χ2v) is 5.88. The number of nitrogens with one attached hydrogen (secondary N) is 1. The molecule has 0 fully saturated rings. The first kappa shape index (κ1) is 11.8. The normalized spacial score (nSPS) is 12.1. The second kappa shape index (κ2) is 3.85. The fourth-order valence-electron chi connectivity index (χ4n) is 1.86. The van der Waals surface area contributed by atoms with Gasteiger partial charge in [0.1, 0.15) is 11.2 Å². The van der Waals surface area contributed by atoms with Crippen molar-refractivity contribution in [3.8, 4) is 0 Å². The van der Waals surface area contributed by atoms with E-state index in [9.17, 15) is 8.42 Å². The molecule has 8 nitrogen and oxygen atoms in total. The van der Waals surface area contributed by atoms with E-state index in [4.69, 9.17) is 0 Å². The summed E-state index contributed by atoms with van der Waals surface area (Å²) in [6, 6.07) is 1.82. The van der Waals surface area contributed by atoms with Crippen LogP contribution >= 0.6 is 0 Å². The second-order valence-electron chi connectivity index (χ2n) is 4.07. The molecule has 0 aliphatic heterocycles. The van der Waals surface area contributed by atoms with E-state index < -0.39 is 9.84 Å². The maximum Gasteiger partial charge on any atom is 0.271 e. The molecule has 3 rings (SSSR count). The SMILES string of the molecule is Cc1cc(C)n2ncc(S(=O)(=O)c3nc[nH]n3)c2n1. The summed E-state index contributed by atoms with van der Waals surface area (Å²) in [6.45, 7) is 3.63. The highest BCUT2D eigenvalue weighted by molar-refractivity contribution is 7.91. The number of aryl methyl sites for hydroxylation is 2. The Morgan fingerprint density at radius 3 is 2.79 bits per heavy atom. The first-order valence-electron chi connectivity index (χ1n) is 5.43. The van der Waals surface area contributed by atoms with E-state index in [0.717, 1.165) is 11.4 Å². The van der Waals surface area contributed by atoms with Crippen molar-refractivity contribution in [3.63, 3.8) is 0 Å². The molecule has 0 saturated carbocycles. The van der Waals surface area contributed by atoms with E-state index in [1.54, 1.807) is 6.92 Å². The molecule has 0 radical (unpaired) electrons. The summed E-state index contributed by atoms with van der Waals surface area (Å²) in [6.07, 6.45) is 2.48. The van der Waals surface area contributed by atoms with Crippen LogP contribution in [0.4, 0.5) is 0 Å². The number of nitrogens with zero attached hydrogens (tertiary/aromatic N) is 5. The maximum absolute atomic E-state index is 12.4. The summed E-state index contributed by atoms with van der Waals surface area (Å²) in [4.78, 5) is 7.90. The Balaban J connectivity index is 2.33. The molecule has 0 aliphatic carbocycles. The number of H-pyrrole nitrogens is 1. The van der Waals surface area contributed by atoms with Crippen molar-refractivity contribution in [1.82, 2.24) is 29.8 Å². The van der Waals surface area contributed by atoms with Gasteiger partial charge in [-0.1, -0.05) is 0 Å². The van der Waals surface area contributed by atoms with Crippen molar-refractivity contribution in [2.75, 3.05) is 0 Å². The van der Waals surface area contributed by atoms with Gasteiger partial charge in [-0.3, -0.25) is 5.10 Å². The van der Waals surface area contributed by atoms with Crippen molar-refractivity contribution in [1.29, 1.82) is 0 Å². The lowest BCUT2D eigenvalue weighted by Crippen LogP contribution is -2.06. The van der Waals surface area contributed by atoms with E-state index >= 15 is 0 Å². The Morgan fingerprint density at radius 1 is 1.32 bits per heavy atom. The fraction of sp³-hybridized carbons (Fsp3) is 0.200. The zero-order chi connectivity index (χ0) is 13.6. The molecule has 0 bridgehead atoms. The van der Waals surface area contributed by atoms with Crippen LogP contribution in [-0.2, 0) is 9.84 Å². The Labute approximate surface area is 108 Å². The Kier molecular flexibility index (Phi) is 2.39. The minimum atomic E-state index is -3.81. The highest BCUT2D eigenvalue weighted by Gasteiger charge is 2.27. The van der Waals surface area contributed by atoms with Crippen LogP contribution in [0.2, 0.25) is 0 Å². The van der Waals surface area contributed by atoms with Crippen molar-refractivity contribution in [3.05, 3.63) is 30.0 Å². The lowest BCUT2D eigenvalue weighted by atomic mass is 10.3. The first-order valence-corrected chi connectivity index (χ1v) is 6.91. The third-order valence-corrected chi connectivity index (χ3v) is 4.21. The Hall–Kier alpha value is -2.29. The lowest BCUT2D eigenvalue weighted by Gasteiger charge is -2.01. The standard InChI is InChI=1S/C10H10N6O2S/c1-6-3-7(2)16-9(14-6)8(4-13-16)19(17,18)10-11-5-12-15-10/h3-5H,1-2H3,(H,11,12,15). The number of rotatable bonds is 2. The van der Waals surface area contributed by atoms with Gasteiger partial charge in [-0.05, 0) is 19.9 Å². The molecule has 1 N–H and O–H groups in total. The van der Waals surface area contributed by atoms with Crippen LogP contribution in [0.25, 0.3) is 5.65 Å². The number of hydrogen-bond donors (Lipinski definition) is 1. The molecule has 0 atom stereocenters. The summed E-state index contributed by atoms with van der Waals surface area (Å²) in [7, 11) is -3.81. The molecule has 19 heavy (non-hydrogen) atoms. The van der Waals surface area contributed by atoms with Crippen LogP contribution in [0.3, 0.4) is 0 Å². The third kappa shape index (κ3) is 1.70. The highest BCUT2D eigenvalue weighted by Crippen LogP contribution is 2.21. The largest absolute Gasteiger partial charge is 0.271 e. The van der Waals surface area contributed by atoms with Crippen LogP contribution < -0.4 is 0 Å². The summed E-state index contributed by atoms with van der Waals surface area (Å²) < 4.78 is 26.2. The summed E-state index contributed by atoms with van der Waals surface area (Å²) in [5.41, 5.74) is 1.80. The lowest BCUT2D eigenvalue weighted by molar-refractivity contribution is 0.588. The Bertz CT molecular complexity index is 850. The molecular weight excluding hydrogens is 268 g/mol. The van der Waals surface area contributed by atoms with Crippen molar-refractivity contribution in [2.24, 2.45) is 0 Å². The number of aromatic amines is 1.